The number of aromatic nitrogens is 4. The van der Waals surface area contributed by atoms with Gasteiger partial charge in [0.25, 0.3) is 0 Å². The molecule has 0 saturated heterocycles. The maximum Gasteiger partial charge on any atom is 0.230 e. The van der Waals surface area contributed by atoms with E-state index in [-0.39, 0.29) is 17.4 Å². The van der Waals surface area contributed by atoms with Crippen LogP contribution < -0.4 is 5.32 Å². The Morgan fingerprint density at radius 1 is 1.35 bits per heavy atom. The molecule has 1 fully saturated rings. The summed E-state index contributed by atoms with van der Waals surface area (Å²) in [5, 5.41) is 15.3. The number of tetrazole rings is 1. The number of carbonyl (C=O) groups excluding carboxylic acids is 1. The Morgan fingerprint density at radius 3 is 2.74 bits per heavy atom. The molecule has 1 aromatic heterocycles. The van der Waals surface area contributed by atoms with E-state index in [1.54, 1.807) is 4.68 Å². The van der Waals surface area contributed by atoms with Crippen LogP contribution in [0.3, 0.4) is 0 Å². The number of rotatable bonds is 7. The van der Waals surface area contributed by atoms with E-state index in [1.165, 1.54) is 17.3 Å². The number of hydrogen-bond donors (Lipinski definition) is 1. The van der Waals surface area contributed by atoms with E-state index in [0.29, 0.717) is 17.5 Å². The third-order valence-electron chi connectivity index (χ3n) is 4.15. The van der Waals surface area contributed by atoms with E-state index < -0.39 is 0 Å². The van der Waals surface area contributed by atoms with Crippen LogP contribution in [0, 0.1) is 0 Å². The molecular weight excluding hydrogens is 310 g/mol. The van der Waals surface area contributed by atoms with Gasteiger partial charge in [-0.1, -0.05) is 42.1 Å². The lowest BCUT2D eigenvalue weighted by Gasteiger charge is -2.16. The Morgan fingerprint density at radius 2 is 2.09 bits per heavy atom. The molecule has 1 N–H and O–H groups in total. The van der Waals surface area contributed by atoms with Gasteiger partial charge in [-0.05, 0) is 42.7 Å². The van der Waals surface area contributed by atoms with Gasteiger partial charge in [-0.25, -0.2) is 4.68 Å². The molecule has 0 spiro atoms. The molecule has 0 atom stereocenters. The zero-order valence-corrected chi connectivity index (χ0v) is 14.2. The van der Waals surface area contributed by atoms with Crippen molar-refractivity contribution in [2.75, 3.05) is 12.3 Å². The predicted octanol–water partition coefficient (Wildman–Crippen LogP) is 2.19. The second-order valence-corrected chi connectivity index (χ2v) is 7.15. The number of amides is 1. The summed E-state index contributed by atoms with van der Waals surface area (Å²) in [5.74, 6) is 0.355. The highest BCUT2D eigenvalue weighted by molar-refractivity contribution is 7.99. The van der Waals surface area contributed by atoms with Crippen molar-refractivity contribution in [3.05, 3.63) is 35.9 Å². The van der Waals surface area contributed by atoms with Crippen molar-refractivity contribution in [3.8, 4) is 0 Å². The Balaban J connectivity index is 1.50. The highest BCUT2D eigenvalue weighted by atomic mass is 32.2. The number of hydrogen-bond acceptors (Lipinski definition) is 5. The second kappa shape index (κ2) is 6.70. The SMILES string of the molecule is CC(C)n1nnnc1SCC(=O)NCC1(c2ccccc2)CC1. The third-order valence-corrected chi connectivity index (χ3v) is 5.08. The van der Waals surface area contributed by atoms with E-state index in [9.17, 15) is 4.79 Å². The fourth-order valence-electron chi connectivity index (χ4n) is 2.56. The summed E-state index contributed by atoms with van der Waals surface area (Å²) in [6.45, 7) is 4.72. The van der Waals surface area contributed by atoms with E-state index in [0.717, 1.165) is 12.8 Å². The predicted molar refractivity (Wildman–Crippen MR) is 89.3 cm³/mol. The molecule has 1 aromatic carbocycles. The van der Waals surface area contributed by atoms with Gasteiger partial charge in [0, 0.05) is 12.0 Å². The molecule has 1 aliphatic carbocycles. The highest BCUT2D eigenvalue weighted by Gasteiger charge is 2.44. The van der Waals surface area contributed by atoms with Crippen molar-refractivity contribution in [1.29, 1.82) is 0 Å². The Bertz CT molecular complexity index is 666. The van der Waals surface area contributed by atoms with Gasteiger partial charge in [0.05, 0.1) is 11.8 Å². The van der Waals surface area contributed by atoms with Gasteiger partial charge in [-0.3, -0.25) is 4.79 Å². The van der Waals surface area contributed by atoms with Crippen molar-refractivity contribution >= 4 is 17.7 Å². The highest BCUT2D eigenvalue weighted by Crippen LogP contribution is 2.47. The standard InChI is InChI=1S/C16H21N5OS/c1-12(2)21-15(18-19-20-21)23-10-14(22)17-11-16(8-9-16)13-6-4-3-5-7-13/h3-7,12H,8-11H2,1-2H3,(H,17,22). The minimum atomic E-state index is 0.0236. The molecule has 3 rings (SSSR count). The molecule has 0 unspecified atom stereocenters. The van der Waals surface area contributed by atoms with Crippen molar-refractivity contribution in [2.24, 2.45) is 0 Å². The van der Waals surface area contributed by atoms with Crippen LogP contribution in [0.15, 0.2) is 35.5 Å². The molecule has 122 valence electrons. The van der Waals surface area contributed by atoms with Crippen LogP contribution >= 0.6 is 11.8 Å². The quantitative estimate of drug-likeness (QED) is 0.787. The zero-order valence-electron chi connectivity index (χ0n) is 13.4. The van der Waals surface area contributed by atoms with Crippen molar-refractivity contribution in [2.45, 2.75) is 43.3 Å². The van der Waals surface area contributed by atoms with Crippen LogP contribution in [0.1, 0.15) is 38.3 Å². The van der Waals surface area contributed by atoms with E-state index in [4.69, 9.17) is 0 Å². The third kappa shape index (κ3) is 3.72. The minimum Gasteiger partial charge on any atom is -0.354 e. The summed E-state index contributed by atoms with van der Waals surface area (Å²) in [4.78, 5) is 12.1. The van der Waals surface area contributed by atoms with Crippen LogP contribution in [0.5, 0.6) is 0 Å². The molecular formula is C16H21N5OS. The number of nitrogens with one attached hydrogen (secondary N) is 1. The first-order valence-corrected chi connectivity index (χ1v) is 8.82. The van der Waals surface area contributed by atoms with Crippen LogP contribution in [-0.2, 0) is 10.2 Å². The number of thioether (sulfide) groups is 1. The van der Waals surface area contributed by atoms with Gasteiger partial charge in [0.2, 0.25) is 11.1 Å². The lowest BCUT2D eigenvalue weighted by atomic mass is 9.96. The Labute approximate surface area is 140 Å². The van der Waals surface area contributed by atoms with Gasteiger partial charge in [0.15, 0.2) is 0 Å². The molecule has 0 aliphatic heterocycles. The molecule has 6 nitrogen and oxygen atoms in total. The molecule has 0 radical (unpaired) electrons. The summed E-state index contributed by atoms with van der Waals surface area (Å²) >= 11 is 1.37. The maximum absolute atomic E-state index is 12.1. The van der Waals surface area contributed by atoms with Crippen molar-refractivity contribution in [1.82, 2.24) is 25.5 Å². The van der Waals surface area contributed by atoms with Gasteiger partial charge in [0.1, 0.15) is 0 Å². The van der Waals surface area contributed by atoms with Crippen LogP contribution in [0.4, 0.5) is 0 Å². The zero-order chi connectivity index (χ0) is 16.3. The molecule has 1 saturated carbocycles. The number of carbonyl (C=O) groups is 1. The van der Waals surface area contributed by atoms with E-state index in [1.807, 2.05) is 19.9 Å². The van der Waals surface area contributed by atoms with Crippen LogP contribution in [0.25, 0.3) is 0 Å². The minimum absolute atomic E-state index is 0.0236. The summed E-state index contributed by atoms with van der Waals surface area (Å²) in [5.41, 5.74) is 1.46. The monoisotopic (exact) mass is 331 g/mol. The first-order chi connectivity index (χ1) is 11.1. The lowest BCUT2D eigenvalue weighted by molar-refractivity contribution is -0.118. The topological polar surface area (TPSA) is 72.7 Å². The Hall–Kier alpha value is -1.89. The first kappa shape index (κ1) is 16.0. The number of benzene rings is 1. The molecule has 1 aliphatic rings. The first-order valence-electron chi connectivity index (χ1n) is 7.84. The lowest BCUT2D eigenvalue weighted by Crippen LogP contribution is -2.33. The van der Waals surface area contributed by atoms with Crippen molar-refractivity contribution in [3.63, 3.8) is 0 Å². The van der Waals surface area contributed by atoms with Gasteiger partial charge < -0.3 is 5.32 Å². The fraction of sp³-hybridized carbons (Fsp3) is 0.500. The summed E-state index contributed by atoms with van der Waals surface area (Å²) in [6.07, 6.45) is 2.27. The summed E-state index contributed by atoms with van der Waals surface area (Å²) in [7, 11) is 0. The Kier molecular flexibility index (Phi) is 4.66. The van der Waals surface area contributed by atoms with E-state index >= 15 is 0 Å². The normalized spacial score (nSPS) is 15.6. The molecule has 1 heterocycles. The molecule has 1 amide bonds. The van der Waals surface area contributed by atoms with Crippen LogP contribution in [0.2, 0.25) is 0 Å². The van der Waals surface area contributed by atoms with Gasteiger partial charge >= 0.3 is 0 Å². The molecule has 0 bridgehead atoms. The average Bonchev–Trinajstić information content (AvgIpc) is 3.20. The fourth-order valence-corrected chi connectivity index (χ4v) is 3.40. The smallest absolute Gasteiger partial charge is 0.230 e. The summed E-state index contributed by atoms with van der Waals surface area (Å²) < 4.78 is 1.73. The maximum atomic E-state index is 12.1. The molecule has 7 heteroatoms. The van der Waals surface area contributed by atoms with Gasteiger partial charge in [-0.15, -0.1) is 5.10 Å². The summed E-state index contributed by atoms with van der Waals surface area (Å²) in [6, 6.07) is 10.6. The van der Waals surface area contributed by atoms with E-state index in [2.05, 4.69) is 45.1 Å². The van der Waals surface area contributed by atoms with Crippen molar-refractivity contribution < 1.29 is 4.79 Å². The largest absolute Gasteiger partial charge is 0.354 e. The number of nitrogens with zero attached hydrogens (tertiary/aromatic N) is 4. The average molecular weight is 331 g/mol. The molecule has 23 heavy (non-hydrogen) atoms. The molecule has 2 aromatic rings. The second-order valence-electron chi connectivity index (χ2n) is 6.21. The van der Waals surface area contributed by atoms with Crippen LogP contribution in [-0.4, -0.2) is 38.4 Å². The van der Waals surface area contributed by atoms with Gasteiger partial charge in [-0.2, -0.15) is 0 Å².